The third-order valence-corrected chi connectivity index (χ3v) is 5.04. The number of nitrogens with zero attached hydrogens (tertiary/aromatic N) is 4. The van der Waals surface area contributed by atoms with E-state index in [0.717, 1.165) is 21.6 Å². The van der Waals surface area contributed by atoms with Gasteiger partial charge in [-0.15, -0.1) is 11.3 Å². The number of benzene rings is 1. The predicted molar refractivity (Wildman–Crippen MR) is 106 cm³/mol. The molecular weight excluding hydrogens is 364 g/mol. The van der Waals surface area contributed by atoms with Gasteiger partial charge in [0.15, 0.2) is 5.76 Å². The van der Waals surface area contributed by atoms with Crippen LogP contribution in [0.3, 0.4) is 0 Å². The molecule has 0 aliphatic heterocycles. The minimum Gasteiger partial charge on any atom is -0.400 e. The van der Waals surface area contributed by atoms with Crippen molar-refractivity contribution in [1.29, 1.82) is 0 Å². The van der Waals surface area contributed by atoms with E-state index in [1.165, 1.54) is 40.8 Å². The molecule has 0 aliphatic rings. The minimum atomic E-state index is -0.573. The van der Waals surface area contributed by atoms with Crippen LogP contribution in [0.15, 0.2) is 44.2 Å². The lowest BCUT2D eigenvalue weighted by Gasteiger charge is -2.10. The molecule has 0 bridgehead atoms. The van der Waals surface area contributed by atoms with Crippen LogP contribution in [0.1, 0.15) is 29.4 Å². The fraction of sp³-hybridized carbons (Fsp3) is 0.263. The van der Waals surface area contributed by atoms with Crippen molar-refractivity contribution in [3.05, 3.63) is 67.0 Å². The van der Waals surface area contributed by atoms with Crippen molar-refractivity contribution in [2.75, 3.05) is 6.54 Å². The van der Waals surface area contributed by atoms with Gasteiger partial charge in [-0.05, 0) is 56.5 Å². The Balaban J connectivity index is 2.10. The molecule has 0 amide bonds. The maximum absolute atomic E-state index is 10.8. The topological polar surface area (TPSA) is 85.9 Å². The highest BCUT2D eigenvalue weighted by molar-refractivity contribution is 7.07. The third-order valence-electron chi connectivity index (χ3n) is 4.19. The minimum absolute atomic E-state index is 0.310. The second-order valence-corrected chi connectivity index (χ2v) is 6.96. The SMILES string of the molecule is CCN=c1scc(-c2cc(C)c(C)cc2C)n1/N=C\c1ccc([N+](=O)[O-])o1. The van der Waals surface area contributed by atoms with E-state index in [-0.39, 0.29) is 5.88 Å². The summed E-state index contributed by atoms with van der Waals surface area (Å²) < 4.78 is 6.91. The molecule has 0 atom stereocenters. The van der Waals surface area contributed by atoms with E-state index in [2.05, 4.69) is 43.0 Å². The summed E-state index contributed by atoms with van der Waals surface area (Å²) in [5.41, 5.74) is 5.59. The highest BCUT2D eigenvalue weighted by atomic mass is 32.1. The third kappa shape index (κ3) is 3.90. The van der Waals surface area contributed by atoms with Gasteiger partial charge in [-0.2, -0.15) is 5.10 Å². The molecule has 27 heavy (non-hydrogen) atoms. The van der Waals surface area contributed by atoms with Crippen LogP contribution in [0.25, 0.3) is 11.3 Å². The number of aromatic nitrogens is 1. The number of nitro groups is 1. The van der Waals surface area contributed by atoms with Crippen molar-refractivity contribution in [3.8, 4) is 11.3 Å². The maximum Gasteiger partial charge on any atom is 0.433 e. The lowest BCUT2D eigenvalue weighted by atomic mass is 9.99. The first-order valence-corrected chi connectivity index (χ1v) is 9.36. The predicted octanol–water partition coefficient (Wildman–Crippen LogP) is 4.45. The normalized spacial score (nSPS) is 12.2. The number of aryl methyl sites for hydroxylation is 3. The standard InChI is InChI=1S/C19H20N4O3S/c1-5-20-19-22(21-10-15-6-7-18(26-15)23(24)25)17(11-27-19)16-9-13(3)12(2)8-14(16)4/h6-11H,5H2,1-4H3/b20-19?,21-10-. The summed E-state index contributed by atoms with van der Waals surface area (Å²) in [4.78, 5) is 15.4. The molecule has 0 unspecified atom stereocenters. The van der Waals surface area contributed by atoms with Gasteiger partial charge in [-0.25, -0.2) is 4.68 Å². The number of hydrogen-bond donors (Lipinski definition) is 0. The summed E-state index contributed by atoms with van der Waals surface area (Å²) in [6, 6.07) is 7.13. The van der Waals surface area contributed by atoms with Crippen LogP contribution in [-0.2, 0) is 0 Å². The molecule has 0 spiro atoms. The molecule has 0 N–H and O–H groups in total. The Morgan fingerprint density at radius 1 is 1.22 bits per heavy atom. The lowest BCUT2D eigenvalue weighted by Crippen LogP contribution is -2.12. The van der Waals surface area contributed by atoms with Crippen LogP contribution in [0.2, 0.25) is 0 Å². The van der Waals surface area contributed by atoms with Crippen molar-refractivity contribution >= 4 is 23.4 Å². The Morgan fingerprint density at radius 3 is 2.63 bits per heavy atom. The van der Waals surface area contributed by atoms with Crippen molar-refractivity contribution < 1.29 is 9.34 Å². The molecule has 2 heterocycles. The van der Waals surface area contributed by atoms with E-state index in [1.807, 2.05) is 12.3 Å². The first-order valence-electron chi connectivity index (χ1n) is 8.48. The Kier molecular flexibility index (Phi) is 5.36. The summed E-state index contributed by atoms with van der Waals surface area (Å²) in [5, 5.41) is 17.3. The Bertz CT molecular complexity index is 1090. The average Bonchev–Trinajstić information content (AvgIpc) is 3.24. The van der Waals surface area contributed by atoms with E-state index in [0.29, 0.717) is 12.3 Å². The monoisotopic (exact) mass is 384 g/mol. The Labute approximate surface area is 160 Å². The van der Waals surface area contributed by atoms with Gasteiger partial charge in [0.25, 0.3) is 0 Å². The molecule has 7 nitrogen and oxygen atoms in total. The molecule has 8 heteroatoms. The van der Waals surface area contributed by atoms with Gasteiger partial charge in [0.05, 0.1) is 18.0 Å². The first kappa shape index (κ1) is 18.8. The summed E-state index contributed by atoms with van der Waals surface area (Å²) in [6.45, 7) is 8.84. The highest BCUT2D eigenvalue weighted by Crippen LogP contribution is 2.27. The van der Waals surface area contributed by atoms with Gasteiger partial charge in [-0.1, -0.05) is 6.07 Å². The van der Waals surface area contributed by atoms with Gasteiger partial charge >= 0.3 is 5.88 Å². The van der Waals surface area contributed by atoms with Crippen LogP contribution in [0.4, 0.5) is 5.88 Å². The molecule has 0 aliphatic carbocycles. The van der Waals surface area contributed by atoms with Crippen LogP contribution in [-0.4, -0.2) is 22.4 Å². The van der Waals surface area contributed by atoms with Gasteiger partial charge in [0.1, 0.15) is 4.92 Å². The fourth-order valence-electron chi connectivity index (χ4n) is 2.70. The zero-order chi connectivity index (χ0) is 19.6. The van der Waals surface area contributed by atoms with Crippen molar-refractivity contribution in [2.45, 2.75) is 27.7 Å². The van der Waals surface area contributed by atoms with E-state index in [4.69, 9.17) is 4.42 Å². The molecular formula is C19H20N4O3S. The van der Waals surface area contributed by atoms with E-state index < -0.39 is 4.92 Å². The van der Waals surface area contributed by atoms with E-state index in [1.54, 1.807) is 4.68 Å². The number of thiazole rings is 1. The zero-order valence-electron chi connectivity index (χ0n) is 15.6. The number of hydrogen-bond acceptors (Lipinski definition) is 6. The summed E-state index contributed by atoms with van der Waals surface area (Å²) in [7, 11) is 0. The molecule has 140 valence electrons. The van der Waals surface area contributed by atoms with Crippen LogP contribution < -0.4 is 4.80 Å². The molecule has 3 aromatic rings. The average molecular weight is 384 g/mol. The van der Waals surface area contributed by atoms with Gasteiger partial charge in [0.2, 0.25) is 4.80 Å². The summed E-state index contributed by atoms with van der Waals surface area (Å²) >= 11 is 1.50. The fourth-order valence-corrected chi connectivity index (χ4v) is 3.59. The number of rotatable bonds is 5. The van der Waals surface area contributed by atoms with Crippen LogP contribution >= 0.6 is 11.3 Å². The lowest BCUT2D eigenvalue weighted by molar-refractivity contribution is -0.402. The molecule has 0 fully saturated rings. The van der Waals surface area contributed by atoms with E-state index >= 15 is 0 Å². The molecule has 0 radical (unpaired) electrons. The summed E-state index contributed by atoms with van der Waals surface area (Å²) in [6.07, 6.45) is 1.47. The molecule has 1 aromatic carbocycles. The van der Waals surface area contributed by atoms with Crippen LogP contribution in [0.5, 0.6) is 0 Å². The van der Waals surface area contributed by atoms with Crippen LogP contribution in [0, 0.1) is 30.9 Å². The van der Waals surface area contributed by atoms with Crippen molar-refractivity contribution in [2.24, 2.45) is 10.1 Å². The quantitative estimate of drug-likeness (QED) is 0.370. The van der Waals surface area contributed by atoms with Crippen molar-refractivity contribution in [3.63, 3.8) is 0 Å². The molecule has 3 rings (SSSR count). The Hall–Kier alpha value is -3.00. The molecule has 2 aromatic heterocycles. The van der Waals surface area contributed by atoms with Crippen molar-refractivity contribution in [1.82, 2.24) is 4.68 Å². The smallest absolute Gasteiger partial charge is 0.400 e. The van der Waals surface area contributed by atoms with Gasteiger partial charge < -0.3 is 4.42 Å². The second-order valence-electron chi connectivity index (χ2n) is 6.12. The molecule has 0 saturated heterocycles. The molecule has 0 saturated carbocycles. The second kappa shape index (κ2) is 7.71. The summed E-state index contributed by atoms with van der Waals surface area (Å²) in [5.74, 6) is 0.000993. The first-order chi connectivity index (χ1) is 12.9. The zero-order valence-corrected chi connectivity index (χ0v) is 16.4. The highest BCUT2D eigenvalue weighted by Gasteiger charge is 2.13. The van der Waals surface area contributed by atoms with Gasteiger partial charge in [0, 0.05) is 17.5 Å². The van der Waals surface area contributed by atoms with Gasteiger partial charge in [-0.3, -0.25) is 15.1 Å². The number of furan rings is 1. The maximum atomic E-state index is 10.8. The largest absolute Gasteiger partial charge is 0.433 e. The van der Waals surface area contributed by atoms with E-state index in [9.17, 15) is 10.1 Å². The Morgan fingerprint density at radius 2 is 1.96 bits per heavy atom.